The first-order chi connectivity index (χ1) is 8.58. The largest absolute Gasteiger partial charge is 0.478 e. The van der Waals surface area contributed by atoms with Gasteiger partial charge in [-0.05, 0) is 48.9 Å². The Labute approximate surface area is 106 Å². The predicted molar refractivity (Wildman–Crippen MR) is 67.6 cm³/mol. The molecule has 0 bridgehead atoms. The lowest BCUT2D eigenvalue weighted by molar-refractivity contribution is 0.0696. The Bertz CT molecular complexity index is 449. The zero-order chi connectivity index (χ0) is 13.1. The number of carboxylic acids is 1. The quantitative estimate of drug-likeness (QED) is 0.838. The third-order valence-corrected chi connectivity index (χ3v) is 3.41. The number of nitrogens with one attached hydrogen (secondary N) is 1. The number of amides is 1. The maximum absolute atomic E-state index is 11.8. The zero-order valence-corrected chi connectivity index (χ0v) is 10.3. The molecule has 1 aromatic rings. The lowest BCUT2D eigenvalue weighted by Gasteiger charge is -2.11. The fraction of sp³-hybridized carbons (Fsp3) is 0.429. The second-order valence-electron chi connectivity index (χ2n) is 4.91. The second-order valence-corrected chi connectivity index (χ2v) is 4.91. The average Bonchev–Trinajstić information content (AvgIpc) is 3.20. The summed E-state index contributed by atoms with van der Waals surface area (Å²) in [5.41, 5.74) is 0.695. The molecule has 0 aromatic heterocycles. The highest BCUT2D eigenvalue weighted by Gasteiger charge is 2.27. The van der Waals surface area contributed by atoms with Crippen molar-refractivity contribution in [2.24, 2.45) is 11.8 Å². The van der Waals surface area contributed by atoms with Gasteiger partial charge in [0.1, 0.15) is 0 Å². The Morgan fingerprint density at radius 2 is 1.83 bits per heavy atom. The molecule has 0 heterocycles. The minimum atomic E-state index is -0.982. The lowest BCUT2D eigenvalue weighted by atomic mass is 10.1. The Balaban J connectivity index is 1.89. The Kier molecular flexibility index (Phi) is 3.65. The van der Waals surface area contributed by atoms with Gasteiger partial charge in [-0.25, -0.2) is 4.79 Å². The number of hydrogen-bond donors (Lipinski definition) is 2. The van der Waals surface area contributed by atoms with E-state index >= 15 is 0 Å². The van der Waals surface area contributed by atoms with Crippen molar-refractivity contribution in [3.63, 3.8) is 0 Å². The maximum atomic E-state index is 11.8. The summed E-state index contributed by atoms with van der Waals surface area (Å²) in [6, 6.07) is 5.98. The van der Waals surface area contributed by atoms with E-state index in [-0.39, 0.29) is 11.5 Å². The SMILES string of the molecule is CC(CNC(=O)c1ccc(C(=O)O)cc1)C1CC1. The van der Waals surface area contributed by atoms with E-state index in [4.69, 9.17) is 5.11 Å². The molecule has 1 saturated carbocycles. The molecular weight excluding hydrogens is 230 g/mol. The van der Waals surface area contributed by atoms with Crippen LogP contribution in [0.4, 0.5) is 0 Å². The predicted octanol–water partition coefficient (Wildman–Crippen LogP) is 2.16. The van der Waals surface area contributed by atoms with Gasteiger partial charge in [-0.1, -0.05) is 6.92 Å². The fourth-order valence-corrected chi connectivity index (χ4v) is 1.95. The van der Waals surface area contributed by atoms with Gasteiger partial charge in [0.25, 0.3) is 5.91 Å². The molecule has 1 unspecified atom stereocenters. The van der Waals surface area contributed by atoms with E-state index < -0.39 is 5.97 Å². The molecule has 1 atom stereocenters. The number of hydrogen-bond acceptors (Lipinski definition) is 2. The minimum absolute atomic E-state index is 0.139. The van der Waals surface area contributed by atoms with Crippen molar-refractivity contribution in [3.05, 3.63) is 35.4 Å². The van der Waals surface area contributed by atoms with E-state index in [2.05, 4.69) is 12.2 Å². The average molecular weight is 247 g/mol. The summed E-state index contributed by atoms with van der Waals surface area (Å²) in [5.74, 6) is 0.163. The van der Waals surface area contributed by atoms with Crippen LogP contribution in [-0.4, -0.2) is 23.5 Å². The van der Waals surface area contributed by atoms with Crippen LogP contribution in [0.2, 0.25) is 0 Å². The zero-order valence-electron chi connectivity index (χ0n) is 10.3. The van der Waals surface area contributed by atoms with Crippen molar-refractivity contribution in [1.82, 2.24) is 5.32 Å². The highest BCUT2D eigenvalue weighted by atomic mass is 16.4. The number of carboxylic acid groups (broad SMARTS) is 1. The summed E-state index contributed by atoms with van der Waals surface area (Å²) in [5, 5.41) is 11.6. The summed E-state index contributed by atoms with van der Waals surface area (Å²) in [6.45, 7) is 2.83. The molecule has 4 nitrogen and oxygen atoms in total. The summed E-state index contributed by atoms with van der Waals surface area (Å²) in [4.78, 5) is 22.5. The van der Waals surface area contributed by atoms with Crippen LogP contribution in [0.5, 0.6) is 0 Å². The van der Waals surface area contributed by atoms with Crippen molar-refractivity contribution in [1.29, 1.82) is 0 Å². The van der Waals surface area contributed by atoms with Gasteiger partial charge in [0.15, 0.2) is 0 Å². The minimum Gasteiger partial charge on any atom is -0.478 e. The van der Waals surface area contributed by atoms with Gasteiger partial charge in [-0.15, -0.1) is 0 Å². The first kappa shape index (κ1) is 12.6. The lowest BCUT2D eigenvalue weighted by Crippen LogP contribution is -2.29. The molecule has 0 saturated heterocycles. The summed E-state index contributed by atoms with van der Waals surface area (Å²) in [7, 11) is 0. The van der Waals surface area contributed by atoms with Crippen LogP contribution in [-0.2, 0) is 0 Å². The van der Waals surface area contributed by atoms with Crippen LogP contribution in [0.15, 0.2) is 24.3 Å². The Hall–Kier alpha value is -1.84. The third-order valence-electron chi connectivity index (χ3n) is 3.41. The molecule has 96 valence electrons. The van der Waals surface area contributed by atoms with E-state index in [1.54, 1.807) is 12.1 Å². The molecule has 0 aliphatic heterocycles. The van der Waals surface area contributed by atoms with E-state index in [0.717, 1.165) is 5.92 Å². The Morgan fingerprint density at radius 1 is 1.28 bits per heavy atom. The van der Waals surface area contributed by atoms with E-state index in [9.17, 15) is 9.59 Å². The highest BCUT2D eigenvalue weighted by molar-refractivity contribution is 5.95. The highest BCUT2D eigenvalue weighted by Crippen LogP contribution is 2.36. The van der Waals surface area contributed by atoms with Crippen molar-refractivity contribution in [2.75, 3.05) is 6.54 Å². The molecule has 1 fully saturated rings. The van der Waals surface area contributed by atoms with Crippen LogP contribution < -0.4 is 5.32 Å². The molecule has 1 amide bonds. The number of carbonyl (C=O) groups excluding carboxylic acids is 1. The van der Waals surface area contributed by atoms with Crippen LogP contribution in [0.3, 0.4) is 0 Å². The molecule has 4 heteroatoms. The first-order valence-corrected chi connectivity index (χ1v) is 6.19. The summed E-state index contributed by atoms with van der Waals surface area (Å²) >= 11 is 0. The second kappa shape index (κ2) is 5.21. The molecule has 2 N–H and O–H groups in total. The Morgan fingerprint density at radius 3 is 2.33 bits per heavy atom. The maximum Gasteiger partial charge on any atom is 0.335 e. The topological polar surface area (TPSA) is 66.4 Å². The molecule has 2 rings (SSSR count). The van der Waals surface area contributed by atoms with Gasteiger partial charge in [0, 0.05) is 12.1 Å². The smallest absolute Gasteiger partial charge is 0.335 e. The number of rotatable bonds is 5. The van der Waals surface area contributed by atoms with E-state index in [1.165, 1.54) is 25.0 Å². The monoisotopic (exact) mass is 247 g/mol. The van der Waals surface area contributed by atoms with E-state index in [1.807, 2.05) is 0 Å². The molecule has 0 spiro atoms. The van der Waals surface area contributed by atoms with Crippen molar-refractivity contribution >= 4 is 11.9 Å². The van der Waals surface area contributed by atoms with Gasteiger partial charge in [-0.2, -0.15) is 0 Å². The molecule has 1 aromatic carbocycles. The van der Waals surface area contributed by atoms with Crippen molar-refractivity contribution < 1.29 is 14.7 Å². The van der Waals surface area contributed by atoms with Crippen LogP contribution in [0.1, 0.15) is 40.5 Å². The number of carbonyl (C=O) groups is 2. The first-order valence-electron chi connectivity index (χ1n) is 6.19. The van der Waals surface area contributed by atoms with Crippen LogP contribution in [0.25, 0.3) is 0 Å². The molecule has 0 radical (unpaired) electrons. The van der Waals surface area contributed by atoms with Gasteiger partial charge in [0.2, 0.25) is 0 Å². The van der Waals surface area contributed by atoms with Crippen LogP contribution >= 0.6 is 0 Å². The van der Waals surface area contributed by atoms with Crippen LogP contribution in [0, 0.1) is 11.8 Å². The molecule has 1 aliphatic rings. The van der Waals surface area contributed by atoms with Gasteiger partial charge in [0.05, 0.1) is 5.56 Å². The standard InChI is InChI=1S/C14H17NO3/c1-9(10-2-3-10)8-15-13(16)11-4-6-12(7-5-11)14(17)18/h4-7,9-10H,2-3,8H2,1H3,(H,15,16)(H,17,18). The number of benzene rings is 1. The molecule has 1 aliphatic carbocycles. The number of aromatic carboxylic acids is 1. The van der Waals surface area contributed by atoms with E-state index in [0.29, 0.717) is 18.0 Å². The molecular formula is C14H17NO3. The van der Waals surface area contributed by atoms with Gasteiger partial charge >= 0.3 is 5.97 Å². The summed E-state index contributed by atoms with van der Waals surface area (Å²) < 4.78 is 0. The molecule has 18 heavy (non-hydrogen) atoms. The van der Waals surface area contributed by atoms with Crippen molar-refractivity contribution in [2.45, 2.75) is 19.8 Å². The normalized spacial score (nSPS) is 16.1. The summed E-state index contributed by atoms with van der Waals surface area (Å²) in [6.07, 6.45) is 2.54. The van der Waals surface area contributed by atoms with Gasteiger partial charge in [-0.3, -0.25) is 4.79 Å². The van der Waals surface area contributed by atoms with Crippen molar-refractivity contribution in [3.8, 4) is 0 Å². The third kappa shape index (κ3) is 3.09. The fourth-order valence-electron chi connectivity index (χ4n) is 1.95. The van der Waals surface area contributed by atoms with Gasteiger partial charge < -0.3 is 10.4 Å².